The highest BCUT2D eigenvalue weighted by molar-refractivity contribution is 7.85. The lowest BCUT2D eigenvalue weighted by molar-refractivity contribution is -0.385. The monoisotopic (exact) mass is 381 g/mol. The largest absolute Gasteiger partial charge is 0.302 e. The van der Waals surface area contributed by atoms with Crippen LogP contribution in [0.15, 0.2) is 76.5 Å². The summed E-state index contributed by atoms with van der Waals surface area (Å²) in [5, 5.41) is 22.7. The van der Waals surface area contributed by atoms with Crippen LogP contribution in [0.3, 0.4) is 0 Å². The molecule has 1 heterocycles. The summed E-state index contributed by atoms with van der Waals surface area (Å²) in [6.45, 7) is 0. The Balaban J connectivity index is 2.07. The van der Waals surface area contributed by atoms with E-state index in [0.29, 0.717) is 11.4 Å². The number of rotatable bonds is 3. The lowest BCUT2D eigenvalue weighted by Crippen LogP contribution is -2.20. The van der Waals surface area contributed by atoms with Crippen molar-refractivity contribution in [1.29, 1.82) is 0 Å². The van der Waals surface area contributed by atoms with E-state index in [0.717, 1.165) is 0 Å². The molecular weight excluding hydrogens is 370 g/mol. The van der Waals surface area contributed by atoms with E-state index in [-0.39, 0.29) is 26.9 Å². The van der Waals surface area contributed by atoms with E-state index < -0.39 is 20.6 Å². The van der Waals surface area contributed by atoms with E-state index in [9.17, 15) is 24.4 Å². The third-order valence-electron chi connectivity index (χ3n) is 4.21. The van der Waals surface area contributed by atoms with Gasteiger partial charge in [0, 0.05) is 23.9 Å². The van der Waals surface area contributed by atoms with Crippen molar-refractivity contribution >= 4 is 39.2 Å². The molecule has 9 heteroatoms. The van der Waals surface area contributed by atoms with Crippen LogP contribution in [0, 0.1) is 20.2 Å². The molecule has 1 unspecified atom stereocenters. The highest BCUT2D eigenvalue weighted by atomic mass is 32.2. The van der Waals surface area contributed by atoms with Gasteiger partial charge in [-0.3, -0.25) is 20.2 Å². The van der Waals surface area contributed by atoms with E-state index in [4.69, 9.17) is 0 Å². The van der Waals surface area contributed by atoms with Crippen LogP contribution in [0.2, 0.25) is 0 Å². The molecule has 134 valence electrons. The Hall–Kier alpha value is -3.59. The van der Waals surface area contributed by atoms with Crippen LogP contribution < -0.4 is 4.90 Å². The fourth-order valence-corrected chi connectivity index (χ4v) is 4.45. The molecular formula is C18H11N3O5S. The summed E-state index contributed by atoms with van der Waals surface area (Å²) in [7, 11) is -1.79. The molecule has 8 nitrogen and oxygen atoms in total. The molecule has 3 aromatic rings. The number of hydrogen-bond donors (Lipinski definition) is 0. The van der Waals surface area contributed by atoms with Gasteiger partial charge in [-0.1, -0.05) is 24.3 Å². The first-order valence-corrected chi connectivity index (χ1v) is 8.97. The first kappa shape index (κ1) is 16.9. The molecule has 0 aliphatic carbocycles. The molecule has 0 saturated heterocycles. The van der Waals surface area contributed by atoms with Crippen molar-refractivity contribution in [2.75, 3.05) is 4.90 Å². The van der Waals surface area contributed by atoms with Crippen molar-refractivity contribution in [3.05, 3.63) is 87.0 Å². The van der Waals surface area contributed by atoms with Gasteiger partial charge in [0.1, 0.15) is 5.69 Å². The molecule has 0 spiro atoms. The summed E-state index contributed by atoms with van der Waals surface area (Å²) in [5.41, 5.74) is 0.859. The average molecular weight is 381 g/mol. The van der Waals surface area contributed by atoms with E-state index in [1.807, 2.05) is 6.07 Å². The van der Waals surface area contributed by atoms with Gasteiger partial charge >= 0.3 is 0 Å². The van der Waals surface area contributed by atoms with Crippen LogP contribution in [0.4, 0.5) is 28.4 Å². The van der Waals surface area contributed by atoms with Crippen molar-refractivity contribution in [3.63, 3.8) is 0 Å². The number of nitro groups is 2. The Morgan fingerprint density at radius 3 is 2.22 bits per heavy atom. The van der Waals surface area contributed by atoms with Crippen LogP contribution in [-0.2, 0) is 10.8 Å². The summed E-state index contributed by atoms with van der Waals surface area (Å²) < 4.78 is 13.1. The van der Waals surface area contributed by atoms with E-state index in [2.05, 4.69) is 0 Å². The van der Waals surface area contributed by atoms with Crippen LogP contribution in [-0.4, -0.2) is 14.1 Å². The molecule has 1 aliphatic heterocycles. The predicted octanol–water partition coefficient (Wildman–Crippen LogP) is 4.45. The second-order valence-electron chi connectivity index (χ2n) is 5.73. The lowest BCUT2D eigenvalue weighted by Gasteiger charge is -2.32. The molecule has 0 fully saturated rings. The standard InChI is InChI=1S/C18H11N3O5S/c22-20(23)13-9-10-14-17(11-13)27(26)16-8-4-7-15(21(24)25)18(16)19(14)12-5-2-1-3-6-12/h1-11H. The third kappa shape index (κ3) is 2.64. The summed E-state index contributed by atoms with van der Waals surface area (Å²) in [5.74, 6) is 0. The molecule has 1 aliphatic rings. The molecule has 1 atom stereocenters. The van der Waals surface area contributed by atoms with Crippen LogP contribution in [0.1, 0.15) is 0 Å². The minimum atomic E-state index is -1.79. The van der Waals surface area contributed by atoms with E-state index in [1.165, 1.54) is 36.4 Å². The van der Waals surface area contributed by atoms with Gasteiger partial charge in [-0.25, -0.2) is 4.21 Å². The molecule has 0 radical (unpaired) electrons. The number of fused-ring (bicyclic) bond motifs is 2. The van der Waals surface area contributed by atoms with Crippen molar-refractivity contribution < 1.29 is 14.1 Å². The maximum Gasteiger partial charge on any atom is 0.294 e. The number of anilines is 3. The number of benzene rings is 3. The van der Waals surface area contributed by atoms with Gasteiger partial charge in [-0.2, -0.15) is 0 Å². The lowest BCUT2D eigenvalue weighted by atomic mass is 10.1. The van der Waals surface area contributed by atoms with Gasteiger partial charge in [-0.15, -0.1) is 0 Å². The third-order valence-corrected chi connectivity index (χ3v) is 5.66. The fourth-order valence-electron chi connectivity index (χ4n) is 3.07. The van der Waals surface area contributed by atoms with Crippen molar-refractivity contribution in [3.8, 4) is 0 Å². The first-order valence-electron chi connectivity index (χ1n) is 7.82. The second kappa shape index (κ2) is 6.29. The van der Waals surface area contributed by atoms with Crippen LogP contribution in [0.5, 0.6) is 0 Å². The van der Waals surface area contributed by atoms with Crippen LogP contribution >= 0.6 is 0 Å². The Morgan fingerprint density at radius 1 is 0.815 bits per heavy atom. The molecule has 0 N–H and O–H groups in total. The number of non-ortho nitro benzene ring substituents is 1. The molecule has 3 aromatic carbocycles. The topological polar surface area (TPSA) is 107 Å². The Labute approximate surface area is 155 Å². The van der Waals surface area contributed by atoms with Crippen molar-refractivity contribution in [2.24, 2.45) is 0 Å². The number of hydrogen-bond acceptors (Lipinski definition) is 6. The maximum atomic E-state index is 13.1. The van der Waals surface area contributed by atoms with Gasteiger partial charge in [0.2, 0.25) is 0 Å². The van der Waals surface area contributed by atoms with E-state index in [1.54, 1.807) is 29.2 Å². The summed E-state index contributed by atoms with van der Waals surface area (Å²) in [4.78, 5) is 23.7. The second-order valence-corrected chi connectivity index (χ2v) is 7.15. The zero-order valence-corrected chi connectivity index (χ0v) is 14.5. The highest BCUT2D eigenvalue weighted by Crippen LogP contribution is 2.50. The molecule has 0 saturated carbocycles. The normalized spacial score (nSPS) is 15.0. The zero-order chi connectivity index (χ0) is 19.1. The summed E-state index contributed by atoms with van der Waals surface area (Å²) in [6, 6.07) is 17.3. The number of para-hydroxylation sites is 2. The van der Waals surface area contributed by atoms with Gasteiger partial charge in [0.15, 0.2) is 0 Å². The van der Waals surface area contributed by atoms with Crippen molar-refractivity contribution in [2.45, 2.75) is 9.79 Å². The zero-order valence-electron chi connectivity index (χ0n) is 13.6. The van der Waals surface area contributed by atoms with Crippen LogP contribution in [0.25, 0.3) is 0 Å². The number of nitrogens with zero attached hydrogens (tertiary/aromatic N) is 3. The first-order chi connectivity index (χ1) is 13.0. The molecule has 0 amide bonds. The molecule has 0 aromatic heterocycles. The Bertz CT molecular complexity index is 1110. The average Bonchev–Trinajstić information content (AvgIpc) is 2.68. The minimum Gasteiger partial charge on any atom is -0.302 e. The van der Waals surface area contributed by atoms with Gasteiger partial charge in [-0.05, 0) is 24.3 Å². The van der Waals surface area contributed by atoms with Gasteiger partial charge < -0.3 is 4.90 Å². The highest BCUT2D eigenvalue weighted by Gasteiger charge is 2.35. The smallest absolute Gasteiger partial charge is 0.294 e. The molecule has 27 heavy (non-hydrogen) atoms. The fraction of sp³-hybridized carbons (Fsp3) is 0. The maximum absolute atomic E-state index is 13.1. The summed E-state index contributed by atoms with van der Waals surface area (Å²) in [6.07, 6.45) is 0. The van der Waals surface area contributed by atoms with E-state index >= 15 is 0 Å². The SMILES string of the molecule is O=[N+]([O-])c1ccc2c(c1)S(=O)c1cccc([N+](=O)[O-])c1N2c1ccccc1. The number of nitro benzene ring substituents is 2. The predicted molar refractivity (Wildman–Crippen MR) is 99.1 cm³/mol. The Kier molecular flexibility index (Phi) is 3.93. The Morgan fingerprint density at radius 2 is 1.56 bits per heavy atom. The van der Waals surface area contributed by atoms with Gasteiger partial charge in [0.05, 0.1) is 36.1 Å². The van der Waals surface area contributed by atoms with Crippen molar-refractivity contribution in [1.82, 2.24) is 0 Å². The summed E-state index contributed by atoms with van der Waals surface area (Å²) >= 11 is 0. The quantitative estimate of drug-likeness (QED) is 0.383. The molecule has 4 rings (SSSR count). The minimum absolute atomic E-state index is 0.186. The molecule has 0 bridgehead atoms. The van der Waals surface area contributed by atoms with Gasteiger partial charge in [0.25, 0.3) is 11.4 Å².